The number of rotatable bonds is 5. The fourth-order valence-electron chi connectivity index (χ4n) is 3.30. The van der Waals surface area contributed by atoms with Crippen molar-refractivity contribution in [3.05, 3.63) is 70.5 Å². The number of benzene rings is 2. The zero-order chi connectivity index (χ0) is 20.4. The molecule has 1 aliphatic rings. The van der Waals surface area contributed by atoms with E-state index in [1.165, 1.54) is 23.5 Å². The second kappa shape index (κ2) is 8.13. The van der Waals surface area contributed by atoms with Gasteiger partial charge >= 0.3 is 0 Å². The van der Waals surface area contributed by atoms with Crippen molar-refractivity contribution < 1.29 is 14.0 Å². The first-order chi connectivity index (χ1) is 14.0. The number of aryl methyl sites for hydroxylation is 1. The van der Waals surface area contributed by atoms with E-state index in [4.69, 9.17) is 0 Å². The lowest BCUT2D eigenvalue weighted by atomic mass is 10.2. The maximum absolute atomic E-state index is 13.1. The van der Waals surface area contributed by atoms with Crippen LogP contribution < -0.4 is 10.2 Å². The van der Waals surface area contributed by atoms with Crippen LogP contribution in [0.4, 0.5) is 10.1 Å². The average molecular weight is 409 g/mol. The number of halogens is 1. The smallest absolute Gasteiger partial charge is 0.263 e. The second-order valence-electron chi connectivity index (χ2n) is 6.94. The van der Waals surface area contributed by atoms with Gasteiger partial charge in [-0.15, -0.1) is 11.3 Å². The molecule has 2 heterocycles. The Balaban J connectivity index is 1.41. The van der Waals surface area contributed by atoms with Gasteiger partial charge in [-0.3, -0.25) is 9.59 Å². The third-order valence-electron chi connectivity index (χ3n) is 4.87. The number of carbonyl (C=O) groups excluding carboxylic acids is 2. The van der Waals surface area contributed by atoms with Crippen LogP contribution in [-0.2, 0) is 11.3 Å². The number of thiazole rings is 1. The summed E-state index contributed by atoms with van der Waals surface area (Å²) >= 11 is 1.29. The highest BCUT2D eigenvalue weighted by atomic mass is 32.1. The molecule has 0 atom stereocenters. The predicted molar refractivity (Wildman–Crippen MR) is 111 cm³/mol. The van der Waals surface area contributed by atoms with Gasteiger partial charge in [0.05, 0.1) is 5.69 Å². The first-order valence-corrected chi connectivity index (χ1v) is 10.2. The van der Waals surface area contributed by atoms with Crippen molar-refractivity contribution in [1.29, 1.82) is 0 Å². The van der Waals surface area contributed by atoms with E-state index in [0.29, 0.717) is 28.5 Å². The van der Waals surface area contributed by atoms with Crippen LogP contribution in [0.2, 0.25) is 0 Å². The largest absolute Gasteiger partial charge is 0.347 e. The third kappa shape index (κ3) is 4.19. The van der Waals surface area contributed by atoms with Crippen LogP contribution in [-0.4, -0.2) is 23.3 Å². The van der Waals surface area contributed by atoms with Crippen molar-refractivity contribution >= 4 is 28.8 Å². The molecule has 1 fully saturated rings. The van der Waals surface area contributed by atoms with Gasteiger partial charge in [0, 0.05) is 30.8 Å². The first-order valence-electron chi connectivity index (χ1n) is 9.42. The van der Waals surface area contributed by atoms with Gasteiger partial charge in [-0.1, -0.05) is 12.1 Å². The summed E-state index contributed by atoms with van der Waals surface area (Å²) in [5.41, 5.74) is 3.28. The summed E-state index contributed by atoms with van der Waals surface area (Å²) in [7, 11) is 0. The molecule has 148 valence electrons. The Morgan fingerprint density at radius 3 is 2.55 bits per heavy atom. The summed E-state index contributed by atoms with van der Waals surface area (Å²) in [6, 6.07) is 13.7. The summed E-state index contributed by atoms with van der Waals surface area (Å²) in [4.78, 5) is 31.2. The van der Waals surface area contributed by atoms with Gasteiger partial charge in [-0.05, 0) is 55.3 Å². The monoisotopic (exact) mass is 409 g/mol. The summed E-state index contributed by atoms with van der Waals surface area (Å²) < 4.78 is 13.1. The molecule has 0 saturated carbocycles. The molecule has 5 nitrogen and oxygen atoms in total. The van der Waals surface area contributed by atoms with Crippen LogP contribution in [0.5, 0.6) is 0 Å². The van der Waals surface area contributed by atoms with E-state index in [9.17, 15) is 14.0 Å². The summed E-state index contributed by atoms with van der Waals surface area (Å²) in [5.74, 6) is -0.337. The summed E-state index contributed by atoms with van der Waals surface area (Å²) in [5, 5.41) is 3.61. The van der Waals surface area contributed by atoms with Crippen molar-refractivity contribution in [2.45, 2.75) is 26.3 Å². The van der Waals surface area contributed by atoms with Gasteiger partial charge in [-0.2, -0.15) is 0 Å². The van der Waals surface area contributed by atoms with E-state index in [2.05, 4.69) is 10.3 Å². The van der Waals surface area contributed by atoms with Crippen LogP contribution in [0.25, 0.3) is 10.6 Å². The molecule has 0 spiro atoms. The van der Waals surface area contributed by atoms with Crippen molar-refractivity contribution in [1.82, 2.24) is 10.3 Å². The van der Waals surface area contributed by atoms with E-state index in [0.717, 1.165) is 29.8 Å². The first kappa shape index (κ1) is 19.3. The molecule has 1 aromatic heterocycles. The predicted octanol–water partition coefficient (Wildman–Crippen LogP) is 4.31. The van der Waals surface area contributed by atoms with Crippen LogP contribution in [0.1, 0.15) is 33.8 Å². The topological polar surface area (TPSA) is 62.3 Å². The van der Waals surface area contributed by atoms with Crippen LogP contribution in [0.3, 0.4) is 0 Å². The molecule has 4 rings (SSSR count). The summed E-state index contributed by atoms with van der Waals surface area (Å²) in [6.07, 6.45) is 1.50. The standard InChI is InChI=1S/C22H20FN3O2S/c1-14-20(29-22(25-14)16-6-8-17(23)9-7-16)21(28)24-13-15-4-10-18(11-5-15)26-12-2-3-19(26)27/h4-11H,2-3,12-13H2,1H3,(H,24,28). The Morgan fingerprint density at radius 1 is 1.17 bits per heavy atom. The second-order valence-corrected chi connectivity index (χ2v) is 7.94. The van der Waals surface area contributed by atoms with Gasteiger partial charge in [0.25, 0.3) is 5.91 Å². The minimum absolute atomic E-state index is 0.156. The van der Waals surface area contributed by atoms with E-state index in [1.807, 2.05) is 24.3 Å². The van der Waals surface area contributed by atoms with Crippen LogP contribution >= 0.6 is 11.3 Å². The van der Waals surface area contributed by atoms with Crippen LogP contribution in [0.15, 0.2) is 48.5 Å². The van der Waals surface area contributed by atoms with E-state index < -0.39 is 0 Å². The number of nitrogens with one attached hydrogen (secondary N) is 1. The Bertz CT molecular complexity index is 1040. The Kier molecular flexibility index (Phi) is 5.40. The number of hydrogen-bond donors (Lipinski definition) is 1. The minimum atomic E-state index is -0.305. The molecule has 0 aliphatic carbocycles. The third-order valence-corrected chi connectivity index (χ3v) is 6.07. The lowest BCUT2D eigenvalue weighted by molar-refractivity contribution is -0.117. The number of amides is 2. The fraction of sp³-hybridized carbons (Fsp3) is 0.227. The molecule has 2 aromatic carbocycles. The molecule has 0 bridgehead atoms. The lowest BCUT2D eigenvalue weighted by Gasteiger charge is -2.16. The van der Waals surface area contributed by atoms with Crippen molar-refractivity contribution in [2.24, 2.45) is 0 Å². The zero-order valence-corrected chi connectivity index (χ0v) is 16.8. The highest BCUT2D eigenvalue weighted by molar-refractivity contribution is 7.17. The molecule has 0 unspecified atom stereocenters. The Hall–Kier alpha value is -3.06. The maximum Gasteiger partial charge on any atom is 0.263 e. The molecule has 1 N–H and O–H groups in total. The van der Waals surface area contributed by atoms with Gasteiger partial charge < -0.3 is 10.2 Å². The summed E-state index contributed by atoms with van der Waals surface area (Å²) in [6.45, 7) is 2.94. The average Bonchev–Trinajstić information content (AvgIpc) is 3.33. The molecule has 3 aromatic rings. The van der Waals surface area contributed by atoms with Gasteiger partial charge in [-0.25, -0.2) is 9.37 Å². The SMILES string of the molecule is Cc1nc(-c2ccc(F)cc2)sc1C(=O)NCc1ccc(N2CCCC2=O)cc1. The highest BCUT2D eigenvalue weighted by Gasteiger charge is 2.21. The molecule has 1 aliphatic heterocycles. The molecule has 1 saturated heterocycles. The Morgan fingerprint density at radius 2 is 1.90 bits per heavy atom. The van der Waals surface area contributed by atoms with Crippen LogP contribution in [0, 0.1) is 12.7 Å². The van der Waals surface area contributed by atoms with Crippen molar-refractivity contribution in [2.75, 3.05) is 11.4 Å². The number of aromatic nitrogens is 1. The Labute approximate surface area is 172 Å². The maximum atomic E-state index is 13.1. The number of carbonyl (C=O) groups is 2. The van der Waals surface area contributed by atoms with Crippen molar-refractivity contribution in [3.63, 3.8) is 0 Å². The quantitative estimate of drug-likeness (QED) is 0.683. The number of nitrogens with zero attached hydrogens (tertiary/aromatic N) is 2. The van der Waals surface area contributed by atoms with E-state index in [-0.39, 0.29) is 17.6 Å². The van der Waals surface area contributed by atoms with E-state index in [1.54, 1.807) is 24.0 Å². The molecular weight excluding hydrogens is 389 g/mol. The van der Waals surface area contributed by atoms with E-state index >= 15 is 0 Å². The number of anilines is 1. The molecule has 7 heteroatoms. The van der Waals surface area contributed by atoms with Gasteiger partial charge in [0.2, 0.25) is 5.91 Å². The molecule has 29 heavy (non-hydrogen) atoms. The zero-order valence-electron chi connectivity index (χ0n) is 15.9. The molecular formula is C22H20FN3O2S. The minimum Gasteiger partial charge on any atom is -0.347 e. The van der Waals surface area contributed by atoms with Gasteiger partial charge in [0.15, 0.2) is 0 Å². The van der Waals surface area contributed by atoms with Gasteiger partial charge in [0.1, 0.15) is 15.7 Å². The highest BCUT2D eigenvalue weighted by Crippen LogP contribution is 2.28. The molecule has 2 amide bonds. The normalized spacial score (nSPS) is 13.7. The number of hydrogen-bond acceptors (Lipinski definition) is 4. The molecule has 0 radical (unpaired) electrons. The lowest BCUT2D eigenvalue weighted by Crippen LogP contribution is -2.24. The van der Waals surface area contributed by atoms with Crippen molar-refractivity contribution in [3.8, 4) is 10.6 Å². The fourth-order valence-corrected chi connectivity index (χ4v) is 4.29.